The summed E-state index contributed by atoms with van der Waals surface area (Å²) in [7, 11) is 1.95. The summed E-state index contributed by atoms with van der Waals surface area (Å²) in [6, 6.07) is 0. The molecule has 0 spiro atoms. The second kappa shape index (κ2) is 5.76. The average molecular weight is 275 g/mol. The van der Waals surface area contributed by atoms with Crippen LogP contribution in [-0.4, -0.2) is 33.1 Å². The highest BCUT2D eigenvalue weighted by Gasteiger charge is 2.29. The molecule has 0 unspecified atom stereocenters. The van der Waals surface area contributed by atoms with Gasteiger partial charge >= 0.3 is 0 Å². The first-order chi connectivity index (χ1) is 9.74. The molecule has 6 heteroatoms. The highest BCUT2D eigenvalue weighted by molar-refractivity contribution is 5.15. The lowest BCUT2D eigenvalue weighted by atomic mass is 9.97. The molecule has 2 atom stereocenters. The van der Waals surface area contributed by atoms with Crippen molar-refractivity contribution in [3.05, 3.63) is 35.4 Å². The highest BCUT2D eigenvalue weighted by atomic mass is 16.5. The van der Waals surface area contributed by atoms with Gasteiger partial charge in [0, 0.05) is 56.2 Å². The van der Waals surface area contributed by atoms with Gasteiger partial charge in [-0.3, -0.25) is 9.78 Å². The van der Waals surface area contributed by atoms with Gasteiger partial charge < -0.3 is 10.1 Å². The van der Waals surface area contributed by atoms with Crippen LogP contribution in [0, 0.1) is 12.8 Å². The molecule has 0 amide bonds. The predicted molar refractivity (Wildman–Crippen MR) is 75.0 cm³/mol. The third-order valence-corrected chi connectivity index (χ3v) is 3.90. The van der Waals surface area contributed by atoms with Crippen molar-refractivity contribution in [2.24, 2.45) is 13.0 Å². The minimum Gasteiger partial charge on any atom is -0.373 e. The summed E-state index contributed by atoms with van der Waals surface area (Å²) in [4.78, 5) is 0. The molecule has 1 aliphatic heterocycles. The summed E-state index contributed by atoms with van der Waals surface area (Å²) < 4.78 is 7.68. The summed E-state index contributed by atoms with van der Waals surface area (Å²) >= 11 is 0. The van der Waals surface area contributed by atoms with Crippen molar-refractivity contribution in [1.82, 2.24) is 25.3 Å². The zero-order valence-electron chi connectivity index (χ0n) is 12.0. The van der Waals surface area contributed by atoms with E-state index in [1.807, 2.05) is 31.0 Å². The van der Waals surface area contributed by atoms with Crippen LogP contribution < -0.4 is 5.32 Å². The number of hydrogen-bond acceptors (Lipinski definition) is 4. The third kappa shape index (κ3) is 2.76. The van der Waals surface area contributed by atoms with Gasteiger partial charge in [-0.25, -0.2) is 0 Å². The van der Waals surface area contributed by atoms with E-state index in [1.54, 1.807) is 0 Å². The van der Waals surface area contributed by atoms with E-state index in [1.165, 1.54) is 5.56 Å². The van der Waals surface area contributed by atoms with E-state index in [-0.39, 0.29) is 6.10 Å². The first kappa shape index (κ1) is 13.3. The van der Waals surface area contributed by atoms with E-state index in [2.05, 4.69) is 26.8 Å². The number of H-pyrrole nitrogens is 1. The quantitative estimate of drug-likeness (QED) is 0.863. The molecule has 0 aromatic carbocycles. The van der Waals surface area contributed by atoms with Crippen molar-refractivity contribution >= 4 is 0 Å². The zero-order valence-corrected chi connectivity index (χ0v) is 12.0. The van der Waals surface area contributed by atoms with Crippen LogP contribution in [0.1, 0.15) is 29.3 Å². The minimum atomic E-state index is 0.163. The topological polar surface area (TPSA) is 67.8 Å². The molecule has 0 aliphatic carbocycles. The standard InChI is InChI=1S/C14H21N5O/c1-10-13(9-19(2)18-10)6-15-5-11-3-4-20-14(11)12-7-16-17-8-12/h7-9,11,14-15H,3-6H2,1-2H3,(H,16,17)/t11-,14+/m1/s1. The molecule has 0 radical (unpaired) electrons. The van der Waals surface area contributed by atoms with Crippen molar-refractivity contribution in [3.63, 3.8) is 0 Å². The van der Waals surface area contributed by atoms with Gasteiger partial charge in [0.2, 0.25) is 0 Å². The Morgan fingerprint density at radius 2 is 2.45 bits per heavy atom. The molecule has 20 heavy (non-hydrogen) atoms. The monoisotopic (exact) mass is 275 g/mol. The number of nitrogens with one attached hydrogen (secondary N) is 2. The number of nitrogens with zero attached hydrogens (tertiary/aromatic N) is 3. The van der Waals surface area contributed by atoms with Crippen molar-refractivity contribution in [2.45, 2.75) is 26.0 Å². The van der Waals surface area contributed by atoms with E-state index in [4.69, 9.17) is 4.74 Å². The summed E-state index contributed by atoms with van der Waals surface area (Å²) in [5, 5.41) is 14.7. The summed E-state index contributed by atoms with van der Waals surface area (Å²) in [6.07, 6.45) is 7.11. The lowest BCUT2D eigenvalue weighted by Gasteiger charge is -2.17. The van der Waals surface area contributed by atoms with Crippen LogP contribution in [0.15, 0.2) is 18.6 Å². The first-order valence-electron chi connectivity index (χ1n) is 7.04. The van der Waals surface area contributed by atoms with E-state index in [0.717, 1.165) is 37.4 Å². The first-order valence-corrected chi connectivity index (χ1v) is 7.04. The Bertz CT molecular complexity index is 548. The number of aryl methyl sites for hydroxylation is 2. The fraction of sp³-hybridized carbons (Fsp3) is 0.571. The maximum atomic E-state index is 5.82. The minimum absolute atomic E-state index is 0.163. The summed E-state index contributed by atoms with van der Waals surface area (Å²) in [6.45, 7) is 4.68. The predicted octanol–water partition coefficient (Wildman–Crippen LogP) is 1.32. The highest BCUT2D eigenvalue weighted by Crippen LogP contribution is 2.33. The SMILES string of the molecule is Cc1nn(C)cc1CNC[C@H]1CCO[C@@H]1c1cn[nH]c1. The van der Waals surface area contributed by atoms with Crippen molar-refractivity contribution in [1.29, 1.82) is 0 Å². The molecule has 2 aromatic heterocycles. The summed E-state index contributed by atoms with van der Waals surface area (Å²) in [5.41, 5.74) is 3.49. The second-order valence-corrected chi connectivity index (χ2v) is 5.42. The van der Waals surface area contributed by atoms with Crippen molar-refractivity contribution in [3.8, 4) is 0 Å². The van der Waals surface area contributed by atoms with Gasteiger partial charge in [-0.15, -0.1) is 0 Å². The van der Waals surface area contributed by atoms with E-state index in [9.17, 15) is 0 Å². The van der Waals surface area contributed by atoms with Crippen LogP contribution in [0.2, 0.25) is 0 Å². The molecule has 1 fully saturated rings. The molecule has 2 N–H and O–H groups in total. The lowest BCUT2D eigenvalue weighted by Crippen LogP contribution is -2.24. The van der Waals surface area contributed by atoms with Crippen LogP contribution in [0.3, 0.4) is 0 Å². The van der Waals surface area contributed by atoms with E-state index in [0.29, 0.717) is 5.92 Å². The van der Waals surface area contributed by atoms with Crippen LogP contribution in [0.4, 0.5) is 0 Å². The number of aromatic nitrogens is 4. The Kier molecular flexibility index (Phi) is 3.84. The Labute approximate surface area is 118 Å². The van der Waals surface area contributed by atoms with Crippen LogP contribution in [-0.2, 0) is 18.3 Å². The van der Waals surface area contributed by atoms with Gasteiger partial charge in [0.05, 0.1) is 18.0 Å². The third-order valence-electron chi connectivity index (χ3n) is 3.90. The summed E-state index contributed by atoms with van der Waals surface area (Å²) in [5.74, 6) is 0.504. The normalized spacial score (nSPS) is 22.5. The van der Waals surface area contributed by atoms with E-state index < -0.39 is 0 Å². The molecule has 3 heterocycles. The fourth-order valence-corrected chi connectivity index (χ4v) is 2.84. The molecular formula is C14H21N5O. The van der Waals surface area contributed by atoms with Crippen molar-refractivity contribution < 1.29 is 4.74 Å². The smallest absolute Gasteiger partial charge is 0.0896 e. The Morgan fingerprint density at radius 3 is 3.15 bits per heavy atom. The number of hydrogen-bond donors (Lipinski definition) is 2. The van der Waals surface area contributed by atoms with Gasteiger partial charge in [0.1, 0.15) is 0 Å². The molecule has 1 aliphatic rings. The molecule has 2 aromatic rings. The molecule has 3 rings (SSSR count). The number of rotatable bonds is 5. The van der Waals surface area contributed by atoms with E-state index >= 15 is 0 Å². The molecule has 108 valence electrons. The average Bonchev–Trinajstić information content (AvgIpc) is 3.11. The van der Waals surface area contributed by atoms with Gasteiger partial charge in [0.15, 0.2) is 0 Å². The molecule has 1 saturated heterocycles. The molecular weight excluding hydrogens is 254 g/mol. The largest absolute Gasteiger partial charge is 0.373 e. The Balaban J connectivity index is 1.54. The van der Waals surface area contributed by atoms with Crippen molar-refractivity contribution in [2.75, 3.05) is 13.2 Å². The molecule has 0 saturated carbocycles. The Hall–Kier alpha value is -1.66. The second-order valence-electron chi connectivity index (χ2n) is 5.42. The lowest BCUT2D eigenvalue weighted by molar-refractivity contribution is 0.0905. The van der Waals surface area contributed by atoms with Crippen LogP contribution >= 0.6 is 0 Å². The van der Waals surface area contributed by atoms with Gasteiger partial charge in [-0.1, -0.05) is 0 Å². The maximum Gasteiger partial charge on any atom is 0.0896 e. The van der Waals surface area contributed by atoms with Crippen LogP contribution in [0.25, 0.3) is 0 Å². The number of aromatic amines is 1. The number of ether oxygens (including phenoxy) is 1. The molecule has 6 nitrogen and oxygen atoms in total. The maximum absolute atomic E-state index is 5.82. The zero-order chi connectivity index (χ0) is 13.9. The fourth-order valence-electron chi connectivity index (χ4n) is 2.84. The molecule has 0 bridgehead atoms. The van der Waals surface area contributed by atoms with Gasteiger partial charge in [-0.2, -0.15) is 10.2 Å². The Morgan fingerprint density at radius 1 is 1.55 bits per heavy atom. The van der Waals surface area contributed by atoms with Crippen LogP contribution in [0.5, 0.6) is 0 Å². The van der Waals surface area contributed by atoms with Gasteiger partial charge in [0.25, 0.3) is 0 Å². The van der Waals surface area contributed by atoms with Gasteiger partial charge in [-0.05, 0) is 13.3 Å².